The number of carbonyl (C=O) groups excluding carboxylic acids is 1. The Morgan fingerprint density at radius 1 is 1.20 bits per heavy atom. The van der Waals surface area contributed by atoms with Crippen LogP contribution in [0.15, 0.2) is 46.2 Å². The van der Waals surface area contributed by atoms with Crippen molar-refractivity contribution < 1.29 is 13.9 Å². The van der Waals surface area contributed by atoms with Gasteiger partial charge in [0.2, 0.25) is 5.91 Å². The van der Waals surface area contributed by atoms with Crippen molar-refractivity contribution >= 4 is 17.2 Å². The fourth-order valence-corrected chi connectivity index (χ4v) is 3.87. The van der Waals surface area contributed by atoms with Gasteiger partial charge in [-0.3, -0.25) is 4.79 Å². The molecular weight excluding hydrogens is 398 g/mol. The molecule has 0 bridgehead atoms. The highest BCUT2D eigenvalue weighted by molar-refractivity contribution is 7.13. The molecule has 0 aliphatic rings. The summed E-state index contributed by atoms with van der Waals surface area (Å²) in [4.78, 5) is 19.2. The minimum Gasteiger partial charge on any atom is -0.492 e. The number of aromatic nitrogens is 1. The van der Waals surface area contributed by atoms with E-state index >= 15 is 0 Å². The van der Waals surface area contributed by atoms with E-state index in [4.69, 9.17) is 9.15 Å². The number of carbonyl (C=O) groups is 1. The lowest BCUT2D eigenvalue weighted by Gasteiger charge is -2.19. The molecule has 0 fully saturated rings. The van der Waals surface area contributed by atoms with Crippen LogP contribution < -0.4 is 10.1 Å². The van der Waals surface area contributed by atoms with Crippen LogP contribution in [0.2, 0.25) is 0 Å². The summed E-state index contributed by atoms with van der Waals surface area (Å²) < 4.78 is 11.6. The van der Waals surface area contributed by atoms with E-state index in [2.05, 4.69) is 29.0 Å². The fourth-order valence-electron chi connectivity index (χ4n) is 3.09. The number of amides is 1. The summed E-state index contributed by atoms with van der Waals surface area (Å²) in [5, 5.41) is 5.66. The maximum atomic E-state index is 12.4. The number of para-hydroxylation sites is 1. The van der Waals surface area contributed by atoms with Gasteiger partial charge in [-0.25, -0.2) is 4.98 Å². The Labute approximate surface area is 181 Å². The number of hydrogen-bond donors (Lipinski definition) is 1. The molecule has 1 amide bonds. The van der Waals surface area contributed by atoms with Gasteiger partial charge in [0.1, 0.15) is 18.1 Å². The van der Waals surface area contributed by atoms with Gasteiger partial charge in [-0.05, 0) is 38.2 Å². The molecule has 3 aromatic rings. The van der Waals surface area contributed by atoms with E-state index in [-0.39, 0.29) is 12.3 Å². The molecule has 0 saturated heterocycles. The third kappa shape index (κ3) is 6.18. The highest BCUT2D eigenvalue weighted by atomic mass is 32.1. The average Bonchev–Trinajstić information content (AvgIpc) is 3.39. The van der Waals surface area contributed by atoms with Crippen LogP contribution in [0.25, 0.3) is 10.8 Å². The fraction of sp³-hybridized carbons (Fsp3) is 0.391. The zero-order valence-corrected chi connectivity index (χ0v) is 18.6. The first-order valence-electron chi connectivity index (χ1n) is 10.3. The van der Waals surface area contributed by atoms with Crippen molar-refractivity contribution in [3.8, 4) is 16.5 Å². The first-order chi connectivity index (χ1) is 14.6. The largest absolute Gasteiger partial charge is 0.492 e. The summed E-state index contributed by atoms with van der Waals surface area (Å²) >= 11 is 1.48. The summed E-state index contributed by atoms with van der Waals surface area (Å²) in [7, 11) is 0. The van der Waals surface area contributed by atoms with Gasteiger partial charge in [0.15, 0.2) is 10.8 Å². The van der Waals surface area contributed by atoms with E-state index in [9.17, 15) is 4.79 Å². The number of furan rings is 1. The average molecular weight is 428 g/mol. The maximum Gasteiger partial charge on any atom is 0.226 e. The number of nitrogens with zero attached hydrogens (tertiary/aromatic N) is 2. The van der Waals surface area contributed by atoms with Gasteiger partial charge < -0.3 is 19.4 Å². The Kier molecular flexibility index (Phi) is 8.04. The van der Waals surface area contributed by atoms with Crippen molar-refractivity contribution in [1.29, 1.82) is 0 Å². The Hall–Kier alpha value is -2.64. The molecule has 0 atom stereocenters. The molecule has 0 saturated carbocycles. The smallest absolute Gasteiger partial charge is 0.226 e. The number of likely N-dealkylation sites (N-methyl/N-ethyl adjacent to an activating group) is 1. The maximum absolute atomic E-state index is 12.4. The van der Waals surface area contributed by atoms with Crippen LogP contribution in [0.1, 0.15) is 30.9 Å². The molecule has 2 heterocycles. The van der Waals surface area contributed by atoms with E-state index in [1.807, 2.05) is 48.7 Å². The number of aryl methyl sites for hydroxylation is 1. The zero-order valence-electron chi connectivity index (χ0n) is 17.8. The van der Waals surface area contributed by atoms with Crippen LogP contribution in [0.4, 0.5) is 0 Å². The van der Waals surface area contributed by atoms with Gasteiger partial charge in [0.05, 0.1) is 12.1 Å². The van der Waals surface area contributed by atoms with Crippen LogP contribution in [0.3, 0.4) is 0 Å². The molecule has 30 heavy (non-hydrogen) atoms. The second-order valence-corrected chi connectivity index (χ2v) is 7.85. The minimum absolute atomic E-state index is 0.0691. The van der Waals surface area contributed by atoms with E-state index in [0.717, 1.165) is 53.2 Å². The number of benzene rings is 1. The van der Waals surface area contributed by atoms with Crippen molar-refractivity contribution in [2.45, 2.75) is 33.7 Å². The predicted octanol–water partition coefficient (Wildman–Crippen LogP) is 4.29. The molecule has 1 N–H and O–H groups in total. The molecular formula is C23H29N3O3S. The molecule has 7 heteroatoms. The molecule has 0 spiro atoms. The first-order valence-corrected chi connectivity index (χ1v) is 11.2. The molecule has 160 valence electrons. The number of thiazole rings is 1. The second-order valence-electron chi connectivity index (χ2n) is 6.99. The normalized spacial score (nSPS) is 11.1. The minimum atomic E-state index is -0.0691. The standard InChI is InChI=1S/C23H29N3O3S/c1-4-26(5-2)12-13-28-20-9-7-6-8-18(20)15-24-22(27)14-19-16-30-23(25-19)21-11-10-17(3)29-21/h6-11,16H,4-5,12-15H2,1-3H3,(H,24,27). The van der Waals surface area contributed by atoms with Crippen LogP contribution in [0, 0.1) is 6.92 Å². The summed E-state index contributed by atoms with van der Waals surface area (Å²) in [6.07, 6.45) is 0.237. The van der Waals surface area contributed by atoms with E-state index < -0.39 is 0 Å². The van der Waals surface area contributed by atoms with Gasteiger partial charge in [-0.15, -0.1) is 11.3 Å². The predicted molar refractivity (Wildman–Crippen MR) is 120 cm³/mol. The Bertz CT molecular complexity index is 947. The number of ether oxygens (including phenoxy) is 1. The summed E-state index contributed by atoms with van der Waals surface area (Å²) in [5.41, 5.74) is 1.71. The third-order valence-electron chi connectivity index (χ3n) is 4.85. The van der Waals surface area contributed by atoms with Crippen molar-refractivity contribution in [3.05, 3.63) is 58.8 Å². The van der Waals surface area contributed by atoms with Gasteiger partial charge in [-0.1, -0.05) is 32.0 Å². The van der Waals surface area contributed by atoms with E-state index in [1.54, 1.807) is 0 Å². The lowest BCUT2D eigenvalue weighted by Crippen LogP contribution is -2.28. The lowest BCUT2D eigenvalue weighted by atomic mass is 10.2. The van der Waals surface area contributed by atoms with Crippen LogP contribution in [-0.2, 0) is 17.8 Å². The highest BCUT2D eigenvalue weighted by Crippen LogP contribution is 2.25. The summed E-state index contributed by atoms with van der Waals surface area (Å²) in [6.45, 7) is 10.1. The van der Waals surface area contributed by atoms with Crippen molar-refractivity contribution in [2.24, 2.45) is 0 Å². The SMILES string of the molecule is CCN(CC)CCOc1ccccc1CNC(=O)Cc1csc(-c2ccc(C)o2)n1. The second kappa shape index (κ2) is 10.9. The highest BCUT2D eigenvalue weighted by Gasteiger charge is 2.12. The summed E-state index contributed by atoms with van der Waals surface area (Å²) in [5.74, 6) is 2.33. The van der Waals surface area contributed by atoms with Gasteiger partial charge in [0.25, 0.3) is 0 Å². The quantitative estimate of drug-likeness (QED) is 0.494. The molecule has 2 aromatic heterocycles. The Balaban J connectivity index is 1.51. The van der Waals surface area contributed by atoms with Gasteiger partial charge in [-0.2, -0.15) is 0 Å². The molecule has 3 rings (SSSR count). The molecule has 0 aliphatic heterocycles. The summed E-state index contributed by atoms with van der Waals surface area (Å²) in [6, 6.07) is 11.6. The Morgan fingerprint density at radius 2 is 2.00 bits per heavy atom. The van der Waals surface area contributed by atoms with E-state index in [0.29, 0.717) is 13.2 Å². The number of rotatable bonds is 11. The van der Waals surface area contributed by atoms with Crippen LogP contribution in [-0.4, -0.2) is 42.0 Å². The van der Waals surface area contributed by atoms with E-state index in [1.165, 1.54) is 11.3 Å². The third-order valence-corrected chi connectivity index (χ3v) is 5.76. The van der Waals surface area contributed by atoms with Crippen LogP contribution in [0.5, 0.6) is 5.75 Å². The van der Waals surface area contributed by atoms with Crippen molar-refractivity contribution in [3.63, 3.8) is 0 Å². The molecule has 0 aliphatic carbocycles. The monoisotopic (exact) mass is 427 g/mol. The number of hydrogen-bond acceptors (Lipinski definition) is 6. The molecule has 6 nitrogen and oxygen atoms in total. The molecule has 0 radical (unpaired) electrons. The van der Waals surface area contributed by atoms with Crippen molar-refractivity contribution in [2.75, 3.05) is 26.2 Å². The lowest BCUT2D eigenvalue weighted by molar-refractivity contribution is -0.120. The van der Waals surface area contributed by atoms with Gasteiger partial charge in [0, 0.05) is 24.0 Å². The topological polar surface area (TPSA) is 67.6 Å². The van der Waals surface area contributed by atoms with Crippen LogP contribution >= 0.6 is 11.3 Å². The zero-order chi connectivity index (χ0) is 21.3. The molecule has 1 aromatic carbocycles. The Morgan fingerprint density at radius 3 is 2.73 bits per heavy atom. The van der Waals surface area contributed by atoms with Gasteiger partial charge >= 0.3 is 0 Å². The van der Waals surface area contributed by atoms with Crippen molar-refractivity contribution in [1.82, 2.24) is 15.2 Å². The molecule has 0 unspecified atom stereocenters. The number of nitrogens with one attached hydrogen (secondary N) is 1. The first kappa shape index (κ1) is 22.1.